The third-order valence-electron chi connectivity index (χ3n) is 4.51. The van der Waals surface area contributed by atoms with Crippen molar-refractivity contribution >= 4 is 18.0 Å². The van der Waals surface area contributed by atoms with E-state index in [0.29, 0.717) is 24.5 Å². The molecule has 0 aliphatic rings. The van der Waals surface area contributed by atoms with Gasteiger partial charge in [0.05, 0.1) is 20.4 Å². The Hall–Kier alpha value is -3.35. The third-order valence-corrected chi connectivity index (χ3v) is 4.51. The highest BCUT2D eigenvalue weighted by atomic mass is 16.5. The summed E-state index contributed by atoms with van der Waals surface area (Å²) in [5.74, 6) is -0.305. The number of nitrogens with zero attached hydrogens (tertiary/aromatic N) is 1. The van der Waals surface area contributed by atoms with Gasteiger partial charge >= 0.3 is 11.8 Å². The summed E-state index contributed by atoms with van der Waals surface area (Å²) >= 11 is 0. The zero-order valence-corrected chi connectivity index (χ0v) is 18.1. The van der Waals surface area contributed by atoms with Gasteiger partial charge in [0, 0.05) is 6.54 Å². The molecule has 0 bridgehead atoms. The predicted molar refractivity (Wildman–Crippen MR) is 117 cm³/mol. The molecule has 0 saturated carbocycles. The van der Waals surface area contributed by atoms with Crippen molar-refractivity contribution in [1.29, 1.82) is 0 Å². The molecule has 160 valence electrons. The van der Waals surface area contributed by atoms with Gasteiger partial charge in [0.2, 0.25) is 0 Å². The molecule has 0 heterocycles. The molecule has 2 aromatic carbocycles. The molecule has 2 N–H and O–H groups in total. The number of amides is 2. The minimum absolute atomic E-state index is 0.0684. The minimum atomic E-state index is -0.815. The molecular formula is C23H29N3O4. The van der Waals surface area contributed by atoms with Gasteiger partial charge < -0.3 is 14.8 Å². The molecule has 0 aliphatic carbocycles. The zero-order chi connectivity index (χ0) is 22.1. The van der Waals surface area contributed by atoms with Gasteiger partial charge in [-0.1, -0.05) is 51.1 Å². The number of hydrogen-bond donors (Lipinski definition) is 2. The quantitative estimate of drug-likeness (QED) is 0.417. The van der Waals surface area contributed by atoms with E-state index in [1.807, 2.05) is 36.4 Å². The molecule has 2 rings (SSSR count). The summed E-state index contributed by atoms with van der Waals surface area (Å²) in [5.41, 5.74) is 5.29. The summed E-state index contributed by atoms with van der Waals surface area (Å²) in [6, 6.07) is 13.4. The van der Waals surface area contributed by atoms with E-state index in [2.05, 4.69) is 36.6 Å². The number of hydrogen-bond acceptors (Lipinski definition) is 5. The van der Waals surface area contributed by atoms with Gasteiger partial charge in [-0.2, -0.15) is 5.10 Å². The molecular weight excluding hydrogens is 382 g/mol. The lowest BCUT2D eigenvalue weighted by atomic mass is 9.87. The Bertz CT molecular complexity index is 900. The number of hydrazone groups is 1. The number of carbonyl (C=O) groups is 2. The van der Waals surface area contributed by atoms with Crippen LogP contribution in [-0.2, 0) is 21.4 Å². The lowest BCUT2D eigenvalue weighted by molar-refractivity contribution is -0.139. The topological polar surface area (TPSA) is 89.0 Å². The van der Waals surface area contributed by atoms with Gasteiger partial charge in [-0.15, -0.1) is 0 Å². The average Bonchev–Trinajstić information content (AvgIpc) is 2.73. The van der Waals surface area contributed by atoms with E-state index in [0.717, 1.165) is 11.1 Å². The van der Waals surface area contributed by atoms with Crippen LogP contribution in [0.3, 0.4) is 0 Å². The monoisotopic (exact) mass is 411 g/mol. The second kappa shape index (κ2) is 10.4. The lowest BCUT2D eigenvalue weighted by Crippen LogP contribution is -2.38. The van der Waals surface area contributed by atoms with Crippen LogP contribution in [0, 0.1) is 0 Å². The maximum atomic E-state index is 11.9. The Kier molecular flexibility index (Phi) is 7.98. The standard InChI is InChI=1S/C23H29N3O4/c1-23(2,3)18-9-6-17(7-10-18)15-25-26-22(28)21(27)24-13-12-16-8-11-19(29-4)20(14-16)30-5/h6-11,14-15H,12-13H2,1-5H3,(H,24,27)(H,26,28). The Morgan fingerprint density at radius 1 is 0.967 bits per heavy atom. The summed E-state index contributed by atoms with van der Waals surface area (Å²) in [7, 11) is 3.13. The molecule has 0 aliphatic heterocycles. The lowest BCUT2D eigenvalue weighted by Gasteiger charge is -2.18. The van der Waals surface area contributed by atoms with Crippen LogP contribution >= 0.6 is 0 Å². The van der Waals surface area contributed by atoms with Gasteiger partial charge in [0.1, 0.15) is 0 Å². The molecule has 2 aromatic rings. The van der Waals surface area contributed by atoms with Crippen LogP contribution < -0.4 is 20.2 Å². The molecule has 7 nitrogen and oxygen atoms in total. The third kappa shape index (κ3) is 6.62. The van der Waals surface area contributed by atoms with E-state index in [1.54, 1.807) is 20.3 Å². The molecule has 7 heteroatoms. The fourth-order valence-electron chi connectivity index (χ4n) is 2.72. The zero-order valence-electron chi connectivity index (χ0n) is 18.1. The van der Waals surface area contributed by atoms with Gasteiger partial charge in [0.25, 0.3) is 0 Å². The van der Waals surface area contributed by atoms with Crippen molar-refractivity contribution in [3.8, 4) is 11.5 Å². The van der Waals surface area contributed by atoms with Gasteiger partial charge in [0.15, 0.2) is 11.5 Å². The number of ether oxygens (including phenoxy) is 2. The van der Waals surface area contributed by atoms with Gasteiger partial charge in [-0.05, 0) is 40.7 Å². The van der Waals surface area contributed by atoms with Crippen molar-refractivity contribution in [2.75, 3.05) is 20.8 Å². The molecule has 0 fully saturated rings. The highest BCUT2D eigenvalue weighted by Crippen LogP contribution is 2.27. The molecule has 0 radical (unpaired) electrons. The summed E-state index contributed by atoms with van der Waals surface area (Å²) in [6.45, 7) is 6.72. The first-order chi connectivity index (χ1) is 14.2. The maximum Gasteiger partial charge on any atom is 0.329 e. The van der Waals surface area contributed by atoms with Crippen LogP contribution in [0.15, 0.2) is 47.6 Å². The van der Waals surface area contributed by atoms with Crippen molar-refractivity contribution < 1.29 is 19.1 Å². The van der Waals surface area contributed by atoms with E-state index in [-0.39, 0.29) is 5.41 Å². The molecule has 0 atom stereocenters. The van der Waals surface area contributed by atoms with Crippen LogP contribution in [0.25, 0.3) is 0 Å². The minimum Gasteiger partial charge on any atom is -0.493 e. The molecule has 2 amide bonds. The number of nitrogens with one attached hydrogen (secondary N) is 2. The molecule has 0 aromatic heterocycles. The molecule has 0 saturated heterocycles. The summed E-state index contributed by atoms with van der Waals surface area (Å²) in [5, 5.41) is 6.42. The van der Waals surface area contributed by atoms with Gasteiger partial charge in [-0.25, -0.2) is 5.43 Å². The average molecular weight is 412 g/mol. The van der Waals surface area contributed by atoms with Crippen molar-refractivity contribution in [1.82, 2.24) is 10.7 Å². The summed E-state index contributed by atoms with van der Waals surface area (Å²) in [6.07, 6.45) is 2.05. The van der Waals surface area contributed by atoms with Crippen molar-refractivity contribution in [3.63, 3.8) is 0 Å². The number of rotatable bonds is 7. The second-order valence-electron chi connectivity index (χ2n) is 7.77. The molecule has 0 spiro atoms. The Balaban J connectivity index is 1.79. The normalized spacial score (nSPS) is 11.2. The SMILES string of the molecule is COc1ccc(CCNC(=O)C(=O)NN=Cc2ccc(C(C)(C)C)cc2)cc1OC. The van der Waals surface area contributed by atoms with Gasteiger partial charge in [-0.3, -0.25) is 9.59 Å². The summed E-state index contributed by atoms with van der Waals surface area (Å²) < 4.78 is 10.4. The molecule has 30 heavy (non-hydrogen) atoms. The van der Waals surface area contributed by atoms with Crippen LogP contribution in [-0.4, -0.2) is 38.8 Å². The van der Waals surface area contributed by atoms with Crippen LogP contribution in [0.5, 0.6) is 11.5 Å². The Morgan fingerprint density at radius 3 is 2.23 bits per heavy atom. The van der Waals surface area contributed by atoms with E-state index in [4.69, 9.17) is 9.47 Å². The maximum absolute atomic E-state index is 11.9. The first-order valence-corrected chi connectivity index (χ1v) is 9.67. The van der Waals surface area contributed by atoms with E-state index in [9.17, 15) is 9.59 Å². The first-order valence-electron chi connectivity index (χ1n) is 9.67. The molecule has 0 unspecified atom stereocenters. The Morgan fingerprint density at radius 2 is 1.63 bits per heavy atom. The smallest absolute Gasteiger partial charge is 0.329 e. The van der Waals surface area contributed by atoms with Crippen molar-refractivity contribution in [2.24, 2.45) is 5.10 Å². The fraction of sp³-hybridized carbons (Fsp3) is 0.348. The van der Waals surface area contributed by atoms with Crippen LogP contribution in [0.1, 0.15) is 37.5 Å². The van der Waals surface area contributed by atoms with E-state index >= 15 is 0 Å². The Labute approximate surface area is 177 Å². The first kappa shape index (κ1) is 22.9. The second-order valence-corrected chi connectivity index (χ2v) is 7.77. The fourth-order valence-corrected chi connectivity index (χ4v) is 2.72. The van der Waals surface area contributed by atoms with Crippen LogP contribution in [0.2, 0.25) is 0 Å². The highest BCUT2D eigenvalue weighted by molar-refractivity contribution is 6.35. The summed E-state index contributed by atoms with van der Waals surface area (Å²) in [4.78, 5) is 23.8. The number of methoxy groups -OCH3 is 2. The predicted octanol–water partition coefficient (Wildman–Crippen LogP) is 2.81. The van der Waals surface area contributed by atoms with Crippen molar-refractivity contribution in [2.45, 2.75) is 32.6 Å². The van der Waals surface area contributed by atoms with Crippen LogP contribution in [0.4, 0.5) is 0 Å². The highest BCUT2D eigenvalue weighted by Gasteiger charge is 2.13. The number of carbonyl (C=O) groups excluding carboxylic acids is 2. The number of benzene rings is 2. The van der Waals surface area contributed by atoms with E-state index < -0.39 is 11.8 Å². The largest absolute Gasteiger partial charge is 0.493 e. The van der Waals surface area contributed by atoms with Crippen molar-refractivity contribution in [3.05, 3.63) is 59.2 Å². The van der Waals surface area contributed by atoms with E-state index in [1.165, 1.54) is 11.8 Å².